The molecule has 0 saturated heterocycles. The van der Waals surface area contributed by atoms with Crippen molar-refractivity contribution in [3.05, 3.63) is 46.9 Å². The quantitative estimate of drug-likeness (QED) is 0.558. The molecule has 1 N–H and O–H groups in total. The highest BCUT2D eigenvalue weighted by molar-refractivity contribution is 6.28. The Bertz CT molecular complexity index is 735. The molecule has 0 aliphatic heterocycles. The fourth-order valence-electron chi connectivity index (χ4n) is 2.59. The van der Waals surface area contributed by atoms with Crippen molar-refractivity contribution in [1.29, 1.82) is 0 Å². The van der Waals surface area contributed by atoms with E-state index < -0.39 is 6.04 Å². The number of hydrogen-bond acceptors (Lipinski definition) is 6. The second-order valence-corrected chi connectivity index (χ2v) is 6.73. The van der Waals surface area contributed by atoms with E-state index in [1.165, 1.54) is 7.11 Å². The van der Waals surface area contributed by atoms with Crippen LogP contribution in [-0.2, 0) is 16.0 Å². The van der Waals surface area contributed by atoms with Crippen LogP contribution in [0.25, 0.3) is 0 Å². The zero-order valence-corrected chi connectivity index (χ0v) is 16.2. The number of hydrogen-bond donors (Lipinski definition) is 1. The third-order valence-corrected chi connectivity index (χ3v) is 3.98. The average molecular weight is 378 g/mol. The molecule has 0 bridgehead atoms. The van der Waals surface area contributed by atoms with Gasteiger partial charge in [-0.15, -0.1) is 0 Å². The van der Waals surface area contributed by atoms with Gasteiger partial charge in [-0.3, -0.25) is 0 Å². The monoisotopic (exact) mass is 377 g/mol. The van der Waals surface area contributed by atoms with Gasteiger partial charge in [0.25, 0.3) is 0 Å². The summed E-state index contributed by atoms with van der Waals surface area (Å²) in [6.07, 6.45) is 1.22. The number of carbonyl (C=O) groups is 1. The molecule has 26 heavy (non-hydrogen) atoms. The maximum atomic E-state index is 12.0. The second-order valence-electron chi connectivity index (χ2n) is 6.39. The lowest BCUT2D eigenvalue weighted by atomic mass is 10.0. The van der Waals surface area contributed by atoms with Crippen LogP contribution < -0.4 is 10.1 Å². The van der Waals surface area contributed by atoms with Crippen molar-refractivity contribution in [2.45, 2.75) is 32.7 Å². The third-order valence-electron chi connectivity index (χ3n) is 3.81. The Hall–Kier alpha value is -2.34. The molecule has 140 valence electrons. The van der Waals surface area contributed by atoms with Crippen molar-refractivity contribution < 1.29 is 14.3 Å². The van der Waals surface area contributed by atoms with Crippen molar-refractivity contribution in [2.75, 3.05) is 19.5 Å². The number of esters is 1. The molecule has 6 nitrogen and oxygen atoms in total. The Labute approximate surface area is 158 Å². The van der Waals surface area contributed by atoms with Crippen molar-refractivity contribution in [2.24, 2.45) is 5.92 Å². The summed E-state index contributed by atoms with van der Waals surface area (Å²) in [6.45, 7) is 4.08. The SMILES string of the molecule is COC(=O)[C@H](CC(C)C)Nc1cc(Cc2ccc(OC)cc2)nc(Cl)n1. The van der Waals surface area contributed by atoms with Crippen LogP contribution in [0.4, 0.5) is 5.82 Å². The van der Waals surface area contributed by atoms with Crippen LogP contribution in [0, 0.1) is 5.92 Å². The molecule has 0 aliphatic rings. The number of methoxy groups -OCH3 is 2. The molecule has 1 heterocycles. The van der Waals surface area contributed by atoms with Crippen LogP contribution in [0.15, 0.2) is 30.3 Å². The van der Waals surface area contributed by atoms with Gasteiger partial charge in [-0.25, -0.2) is 14.8 Å². The Morgan fingerprint density at radius 1 is 1.19 bits per heavy atom. The van der Waals surface area contributed by atoms with Gasteiger partial charge in [0.1, 0.15) is 17.6 Å². The van der Waals surface area contributed by atoms with E-state index in [-0.39, 0.29) is 11.3 Å². The van der Waals surface area contributed by atoms with Gasteiger partial charge >= 0.3 is 5.97 Å². The molecule has 0 amide bonds. The summed E-state index contributed by atoms with van der Waals surface area (Å²) in [5.41, 5.74) is 1.82. The number of anilines is 1. The molecule has 0 spiro atoms. The summed E-state index contributed by atoms with van der Waals surface area (Å²) in [7, 11) is 3.01. The number of benzene rings is 1. The molecule has 0 saturated carbocycles. The predicted molar refractivity (Wildman–Crippen MR) is 102 cm³/mol. The Balaban J connectivity index is 2.17. The van der Waals surface area contributed by atoms with Gasteiger partial charge in [0.05, 0.1) is 19.9 Å². The van der Waals surface area contributed by atoms with E-state index in [1.807, 2.05) is 38.1 Å². The summed E-state index contributed by atoms with van der Waals surface area (Å²) in [6, 6.07) is 9.04. The second kappa shape index (κ2) is 9.38. The summed E-state index contributed by atoms with van der Waals surface area (Å²) in [5.74, 6) is 1.30. The first-order chi connectivity index (χ1) is 12.4. The molecule has 0 radical (unpaired) electrons. The highest BCUT2D eigenvalue weighted by Crippen LogP contribution is 2.19. The molecular formula is C19H24ClN3O3. The average Bonchev–Trinajstić information content (AvgIpc) is 2.60. The topological polar surface area (TPSA) is 73.3 Å². The molecule has 7 heteroatoms. The van der Waals surface area contributed by atoms with E-state index in [9.17, 15) is 4.79 Å². The number of nitrogens with one attached hydrogen (secondary N) is 1. The highest BCUT2D eigenvalue weighted by Gasteiger charge is 2.21. The predicted octanol–water partition coefficient (Wildman–Crippen LogP) is 3.73. The van der Waals surface area contributed by atoms with Gasteiger partial charge < -0.3 is 14.8 Å². The first kappa shape index (κ1) is 20.0. The largest absolute Gasteiger partial charge is 0.497 e. The molecule has 2 aromatic rings. The molecule has 0 fully saturated rings. The maximum absolute atomic E-state index is 12.0. The number of nitrogens with zero attached hydrogens (tertiary/aromatic N) is 2. The summed E-state index contributed by atoms with van der Waals surface area (Å²) >= 11 is 6.07. The van der Waals surface area contributed by atoms with Crippen LogP contribution >= 0.6 is 11.6 Å². The van der Waals surface area contributed by atoms with Crippen molar-refractivity contribution >= 4 is 23.4 Å². The standard InChI is InChI=1S/C19H24ClN3O3/c1-12(2)9-16(18(24)26-4)22-17-11-14(21-19(20)23-17)10-13-5-7-15(25-3)8-6-13/h5-8,11-12,16H,9-10H2,1-4H3,(H,21,22,23)/t16-/m0/s1. The van der Waals surface area contributed by atoms with Crippen molar-refractivity contribution in [1.82, 2.24) is 9.97 Å². The van der Waals surface area contributed by atoms with Crippen molar-refractivity contribution in [3.63, 3.8) is 0 Å². The van der Waals surface area contributed by atoms with E-state index >= 15 is 0 Å². The molecule has 0 unspecified atom stereocenters. The first-order valence-electron chi connectivity index (χ1n) is 8.42. The van der Waals surface area contributed by atoms with Gasteiger partial charge in [0.15, 0.2) is 0 Å². The minimum Gasteiger partial charge on any atom is -0.497 e. The number of carbonyl (C=O) groups excluding carboxylic acids is 1. The molecule has 0 aliphatic carbocycles. The van der Waals surface area contributed by atoms with E-state index in [0.29, 0.717) is 24.6 Å². The highest BCUT2D eigenvalue weighted by atomic mass is 35.5. The van der Waals surface area contributed by atoms with Gasteiger partial charge in [0.2, 0.25) is 5.28 Å². The number of ether oxygens (including phenoxy) is 2. The van der Waals surface area contributed by atoms with Gasteiger partial charge in [-0.05, 0) is 41.6 Å². The van der Waals surface area contributed by atoms with E-state index in [2.05, 4.69) is 15.3 Å². The van der Waals surface area contributed by atoms with Crippen LogP contribution in [0.3, 0.4) is 0 Å². The van der Waals surface area contributed by atoms with E-state index in [0.717, 1.165) is 17.0 Å². The van der Waals surface area contributed by atoms with E-state index in [1.54, 1.807) is 13.2 Å². The van der Waals surface area contributed by atoms with Gasteiger partial charge in [0, 0.05) is 12.5 Å². The molecular weight excluding hydrogens is 354 g/mol. The lowest BCUT2D eigenvalue weighted by Gasteiger charge is -2.19. The Kier molecular flexibility index (Phi) is 7.21. The summed E-state index contributed by atoms with van der Waals surface area (Å²) in [4.78, 5) is 20.5. The van der Waals surface area contributed by atoms with Crippen LogP contribution in [0.2, 0.25) is 5.28 Å². The minimum absolute atomic E-state index is 0.131. The van der Waals surface area contributed by atoms with Gasteiger partial charge in [-0.1, -0.05) is 26.0 Å². The maximum Gasteiger partial charge on any atom is 0.328 e. The summed E-state index contributed by atoms with van der Waals surface area (Å²) in [5, 5.41) is 3.25. The van der Waals surface area contributed by atoms with E-state index in [4.69, 9.17) is 21.1 Å². The van der Waals surface area contributed by atoms with Gasteiger partial charge in [-0.2, -0.15) is 0 Å². The van der Waals surface area contributed by atoms with Crippen LogP contribution in [0.1, 0.15) is 31.5 Å². The number of halogens is 1. The number of rotatable bonds is 8. The normalized spacial score (nSPS) is 11.9. The lowest BCUT2D eigenvalue weighted by molar-refractivity contribution is -0.141. The molecule has 1 aromatic heterocycles. The summed E-state index contributed by atoms with van der Waals surface area (Å²) < 4.78 is 10.0. The lowest BCUT2D eigenvalue weighted by Crippen LogP contribution is -2.32. The number of aromatic nitrogens is 2. The molecule has 2 rings (SSSR count). The fraction of sp³-hybridized carbons (Fsp3) is 0.421. The Morgan fingerprint density at radius 2 is 1.88 bits per heavy atom. The Morgan fingerprint density at radius 3 is 2.46 bits per heavy atom. The zero-order chi connectivity index (χ0) is 19.1. The minimum atomic E-state index is -0.486. The smallest absolute Gasteiger partial charge is 0.328 e. The van der Waals surface area contributed by atoms with Crippen molar-refractivity contribution in [3.8, 4) is 5.75 Å². The molecule has 1 aromatic carbocycles. The first-order valence-corrected chi connectivity index (χ1v) is 8.79. The molecule has 1 atom stereocenters. The zero-order valence-electron chi connectivity index (χ0n) is 15.5. The van der Waals surface area contributed by atoms with Crippen LogP contribution in [0.5, 0.6) is 5.75 Å². The fourth-order valence-corrected chi connectivity index (χ4v) is 2.79. The third kappa shape index (κ3) is 5.88. The van der Waals surface area contributed by atoms with Crippen LogP contribution in [-0.4, -0.2) is 36.2 Å².